The number of Topliss-reactive ketones (excluding diaryl/α,β-unsaturated/α-hetero) is 1. The molecule has 0 amide bonds. The molecule has 3 aromatic rings. The number of para-hydroxylation sites is 1. The summed E-state index contributed by atoms with van der Waals surface area (Å²) in [6.45, 7) is 4.92. The molecular weight excluding hydrogens is 342 g/mol. The van der Waals surface area contributed by atoms with Gasteiger partial charge in [-0.3, -0.25) is 19.4 Å². The van der Waals surface area contributed by atoms with Crippen LogP contribution in [0.1, 0.15) is 5.76 Å². The van der Waals surface area contributed by atoms with E-state index in [0.29, 0.717) is 36.4 Å². The second-order valence-electron chi connectivity index (χ2n) is 7.02. The Morgan fingerprint density at radius 2 is 1.63 bits per heavy atom. The number of piperazine rings is 1. The average molecular weight is 365 g/mol. The first kappa shape index (κ1) is 17.7. The van der Waals surface area contributed by atoms with Gasteiger partial charge in [-0.25, -0.2) is 0 Å². The maximum atomic E-state index is 12.2. The Balaban J connectivity index is 1.30. The van der Waals surface area contributed by atoms with E-state index in [9.17, 15) is 9.59 Å². The Kier molecular flexibility index (Phi) is 5.18. The van der Waals surface area contributed by atoms with Gasteiger partial charge in [0.2, 0.25) is 0 Å². The zero-order valence-corrected chi connectivity index (χ0v) is 15.2. The van der Waals surface area contributed by atoms with Crippen LogP contribution in [0.2, 0.25) is 0 Å². The summed E-state index contributed by atoms with van der Waals surface area (Å²) in [4.78, 5) is 28.9. The summed E-state index contributed by atoms with van der Waals surface area (Å²) in [7, 11) is 0. The fraction of sp³-hybridized carbons (Fsp3) is 0.333. The minimum Gasteiger partial charge on any atom is -0.459 e. The molecule has 1 aliphatic heterocycles. The normalized spacial score (nSPS) is 16.0. The molecule has 1 aliphatic rings. The van der Waals surface area contributed by atoms with Crippen molar-refractivity contribution in [1.82, 2.24) is 14.4 Å². The summed E-state index contributed by atoms with van der Waals surface area (Å²) < 4.78 is 7.79. The van der Waals surface area contributed by atoms with Crippen LogP contribution in [0.5, 0.6) is 0 Å². The van der Waals surface area contributed by atoms with Gasteiger partial charge in [0.05, 0.1) is 25.0 Å². The zero-order chi connectivity index (χ0) is 18.6. The first-order valence-electron chi connectivity index (χ1n) is 9.26. The van der Waals surface area contributed by atoms with Crippen molar-refractivity contribution in [3.63, 3.8) is 0 Å². The van der Waals surface area contributed by atoms with Crippen molar-refractivity contribution in [2.24, 2.45) is 0 Å². The molecule has 4 rings (SSSR count). The van der Waals surface area contributed by atoms with Crippen LogP contribution in [0.15, 0.2) is 64.1 Å². The summed E-state index contributed by atoms with van der Waals surface area (Å²) in [6, 6.07) is 12.8. The molecule has 0 bridgehead atoms. The lowest BCUT2D eigenvalue weighted by Gasteiger charge is -2.33. The zero-order valence-electron chi connectivity index (χ0n) is 15.2. The van der Waals surface area contributed by atoms with Crippen LogP contribution in [0, 0.1) is 0 Å². The third kappa shape index (κ3) is 4.35. The van der Waals surface area contributed by atoms with Crippen LogP contribution in [-0.4, -0.2) is 52.9 Å². The van der Waals surface area contributed by atoms with Crippen LogP contribution in [-0.2, 0) is 17.9 Å². The highest BCUT2D eigenvalue weighted by Gasteiger charge is 2.20. The van der Waals surface area contributed by atoms with E-state index in [1.165, 1.54) is 0 Å². The lowest BCUT2D eigenvalue weighted by atomic mass is 10.2. The van der Waals surface area contributed by atoms with Crippen LogP contribution in [0.4, 0.5) is 0 Å². The Morgan fingerprint density at radius 1 is 0.926 bits per heavy atom. The van der Waals surface area contributed by atoms with E-state index in [0.717, 1.165) is 26.2 Å². The molecular formula is C21H23N3O3. The summed E-state index contributed by atoms with van der Waals surface area (Å²) in [5, 5.41) is 0.618. The van der Waals surface area contributed by atoms with Gasteiger partial charge in [-0.2, -0.15) is 0 Å². The number of fused-ring (bicyclic) bond motifs is 1. The Labute approximate surface area is 157 Å². The van der Waals surface area contributed by atoms with E-state index in [2.05, 4.69) is 9.80 Å². The van der Waals surface area contributed by atoms with Gasteiger partial charge in [-0.05, 0) is 24.3 Å². The molecule has 0 atom stereocenters. The number of benzene rings is 1. The highest BCUT2D eigenvalue weighted by atomic mass is 16.3. The predicted octanol–water partition coefficient (Wildman–Crippen LogP) is 1.98. The molecule has 0 saturated carbocycles. The smallest absolute Gasteiger partial charge is 0.192 e. The molecule has 0 aliphatic carbocycles. The molecule has 1 saturated heterocycles. The van der Waals surface area contributed by atoms with Crippen molar-refractivity contribution in [2.45, 2.75) is 13.1 Å². The lowest BCUT2D eigenvalue weighted by molar-refractivity contribution is -0.121. The maximum Gasteiger partial charge on any atom is 0.192 e. The van der Waals surface area contributed by atoms with Gasteiger partial charge in [-0.1, -0.05) is 12.1 Å². The quantitative estimate of drug-likeness (QED) is 0.669. The van der Waals surface area contributed by atoms with E-state index in [1.807, 2.05) is 47.3 Å². The number of rotatable bonds is 6. The van der Waals surface area contributed by atoms with Crippen molar-refractivity contribution >= 4 is 16.8 Å². The molecule has 3 heterocycles. The first-order valence-corrected chi connectivity index (χ1v) is 9.26. The van der Waals surface area contributed by atoms with E-state index < -0.39 is 0 Å². The van der Waals surface area contributed by atoms with Crippen LogP contribution in [0.3, 0.4) is 0 Å². The van der Waals surface area contributed by atoms with Gasteiger partial charge in [0.25, 0.3) is 0 Å². The third-order valence-electron chi connectivity index (χ3n) is 4.96. The largest absolute Gasteiger partial charge is 0.459 e. The molecule has 0 radical (unpaired) electrons. The number of hydrogen-bond donors (Lipinski definition) is 0. The minimum absolute atomic E-state index is 0.00101. The molecule has 0 spiro atoms. The first-order chi connectivity index (χ1) is 13.2. The second-order valence-corrected chi connectivity index (χ2v) is 7.02. The lowest BCUT2D eigenvalue weighted by Crippen LogP contribution is -2.47. The average Bonchev–Trinajstić information content (AvgIpc) is 3.16. The van der Waals surface area contributed by atoms with Gasteiger partial charge in [0, 0.05) is 44.6 Å². The van der Waals surface area contributed by atoms with Gasteiger partial charge >= 0.3 is 0 Å². The van der Waals surface area contributed by atoms with Crippen molar-refractivity contribution in [3.05, 3.63) is 70.8 Å². The molecule has 27 heavy (non-hydrogen) atoms. The molecule has 140 valence electrons. The standard InChI is InChI=1S/C21H23N3O3/c25-17(14-22-7-3-4-8-22)15-23-9-11-24(12-10-23)16-18-13-20(26)19-5-1-2-6-21(19)27-18/h1-8,13H,9-12,14-16H2. The van der Waals surface area contributed by atoms with E-state index in [4.69, 9.17) is 4.42 Å². The van der Waals surface area contributed by atoms with Gasteiger partial charge in [0.15, 0.2) is 11.2 Å². The molecule has 0 N–H and O–H groups in total. The number of carbonyl (C=O) groups excluding carboxylic acids is 1. The fourth-order valence-corrected chi connectivity index (χ4v) is 3.54. The maximum absolute atomic E-state index is 12.2. The van der Waals surface area contributed by atoms with Crippen molar-refractivity contribution in [3.8, 4) is 0 Å². The van der Waals surface area contributed by atoms with Crippen LogP contribution >= 0.6 is 0 Å². The molecule has 1 aromatic carbocycles. The van der Waals surface area contributed by atoms with E-state index in [1.54, 1.807) is 12.1 Å². The van der Waals surface area contributed by atoms with Crippen LogP contribution < -0.4 is 5.43 Å². The number of nitrogens with zero attached hydrogens (tertiary/aromatic N) is 3. The van der Waals surface area contributed by atoms with Gasteiger partial charge in [0.1, 0.15) is 11.3 Å². The number of carbonyl (C=O) groups is 1. The molecule has 0 unspecified atom stereocenters. The van der Waals surface area contributed by atoms with Crippen molar-refractivity contribution in [2.75, 3.05) is 32.7 Å². The minimum atomic E-state index is 0.00101. The second kappa shape index (κ2) is 7.90. The number of ketones is 1. The monoisotopic (exact) mass is 365 g/mol. The Hall–Kier alpha value is -2.70. The summed E-state index contributed by atoms with van der Waals surface area (Å²) in [5.41, 5.74) is 0.635. The molecule has 2 aromatic heterocycles. The van der Waals surface area contributed by atoms with Crippen molar-refractivity contribution in [1.29, 1.82) is 0 Å². The number of aromatic nitrogens is 1. The summed E-state index contributed by atoms with van der Waals surface area (Å²) in [5.74, 6) is 0.913. The van der Waals surface area contributed by atoms with Crippen molar-refractivity contribution < 1.29 is 9.21 Å². The van der Waals surface area contributed by atoms with Gasteiger partial charge in [-0.15, -0.1) is 0 Å². The van der Waals surface area contributed by atoms with E-state index >= 15 is 0 Å². The fourth-order valence-electron chi connectivity index (χ4n) is 3.54. The molecule has 1 fully saturated rings. The SMILES string of the molecule is O=C(CN1CCN(Cc2cc(=O)c3ccccc3o2)CC1)Cn1cccc1. The molecule has 6 nitrogen and oxygen atoms in total. The summed E-state index contributed by atoms with van der Waals surface area (Å²) >= 11 is 0. The summed E-state index contributed by atoms with van der Waals surface area (Å²) in [6.07, 6.45) is 3.82. The number of hydrogen-bond acceptors (Lipinski definition) is 5. The highest BCUT2D eigenvalue weighted by molar-refractivity contribution is 5.80. The van der Waals surface area contributed by atoms with Gasteiger partial charge < -0.3 is 8.98 Å². The Bertz CT molecular complexity index is 970. The Morgan fingerprint density at radius 3 is 2.41 bits per heavy atom. The van der Waals surface area contributed by atoms with E-state index in [-0.39, 0.29) is 11.2 Å². The highest BCUT2D eigenvalue weighted by Crippen LogP contribution is 2.14. The predicted molar refractivity (Wildman–Crippen MR) is 104 cm³/mol. The topological polar surface area (TPSA) is 58.7 Å². The van der Waals surface area contributed by atoms with Crippen LogP contribution in [0.25, 0.3) is 11.0 Å². The third-order valence-corrected chi connectivity index (χ3v) is 4.96. The molecule has 6 heteroatoms.